The number of para-hydroxylation sites is 1. The predicted molar refractivity (Wildman–Crippen MR) is 112 cm³/mol. The van der Waals surface area contributed by atoms with Crippen LogP contribution in [0.1, 0.15) is 12.8 Å². The zero-order valence-electron chi connectivity index (χ0n) is 16.4. The molecule has 0 aliphatic carbocycles. The minimum absolute atomic E-state index is 0.205. The molecule has 1 atom stereocenters. The fourth-order valence-electron chi connectivity index (χ4n) is 3.75. The number of pyridine rings is 1. The summed E-state index contributed by atoms with van der Waals surface area (Å²) in [5, 5.41) is 1.04. The molecule has 0 amide bonds. The van der Waals surface area contributed by atoms with Gasteiger partial charge in [0, 0.05) is 30.5 Å². The molecule has 3 heterocycles. The molecule has 30 heavy (non-hydrogen) atoms. The van der Waals surface area contributed by atoms with Crippen LogP contribution in [-0.2, 0) is 10.0 Å². The van der Waals surface area contributed by atoms with E-state index in [9.17, 15) is 8.42 Å². The van der Waals surface area contributed by atoms with Gasteiger partial charge in [-0.15, -0.1) is 0 Å². The van der Waals surface area contributed by atoms with E-state index in [-0.39, 0.29) is 17.5 Å². The summed E-state index contributed by atoms with van der Waals surface area (Å²) in [6, 6.07) is 16.4. The first-order valence-electron chi connectivity index (χ1n) is 10.0. The second-order valence-corrected chi connectivity index (χ2v) is 9.33. The van der Waals surface area contributed by atoms with Crippen molar-refractivity contribution in [1.82, 2.24) is 9.29 Å². The van der Waals surface area contributed by atoms with E-state index in [0.29, 0.717) is 43.6 Å². The topological polar surface area (TPSA) is 78.0 Å². The van der Waals surface area contributed by atoms with Crippen LogP contribution in [0.5, 0.6) is 17.4 Å². The van der Waals surface area contributed by atoms with E-state index in [4.69, 9.17) is 14.2 Å². The average Bonchev–Trinajstić information content (AvgIpc) is 3.10. The summed E-state index contributed by atoms with van der Waals surface area (Å²) in [5.41, 5.74) is 0.852. The first kappa shape index (κ1) is 19.1. The minimum atomic E-state index is -3.65. The third-order valence-corrected chi connectivity index (χ3v) is 7.19. The molecule has 0 bridgehead atoms. The Morgan fingerprint density at radius 3 is 2.73 bits per heavy atom. The van der Waals surface area contributed by atoms with Crippen molar-refractivity contribution in [3.8, 4) is 17.4 Å². The highest BCUT2D eigenvalue weighted by atomic mass is 32.2. The molecule has 0 radical (unpaired) electrons. The second-order valence-electron chi connectivity index (χ2n) is 7.39. The van der Waals surface area contributed by atoms with Gasteiger partial charge < -0.3 is 14.2 Å². The molecule has 0 saturated carbocycles. The molecule has 1 unspecified atom stereocenters. The molecule has 2 aromatic carbocycles. The number of aromatic nitrogens is 1. The number of fused-ring (bicyclic) bond motifs is 2. The van der Waals surface area contributed by atoms with Crippen molar-refractivity contribution in [3.63, 3.8) is 0 Å². The summed E-state index contributed by atoms with van der Waals surface area (Å²) >= 11 is 0. The first-order valence-corrected chi connectivity index (χ1v) is 11.5. The van der Waals surface area contributed by atoms with Crippen molar-refractivity contribution in [3.05, 3.63) is 54.6 Å². The maximum absolute atomic E-state index is 13.1. The molecule has 1 saturated heterocycles. The van der Waals surface area contributed by atoms with Crippen LogP contribution in [0.25, 0.3) is 10.9 Å². The zero-order chi connectivity index (χ0) is 20.6. The summed E-state index contributed by atoms with van der Waals surface area (Å²) in [6.45, 7) is 1.75. The monoisotopic (exact) mass is 426 g/mol. The summed E-state index contributed by atoms with van der Waals surface area (Å²) in [5.74, 6) is 1.56. The number of benzene rings is 2. The van der Waals surface area contributed by atoms with Crippen LogP contribution in [0, 0.1) is 0 Å². The van der Waals surface area contributed by atoms with Gasteiger partial charge in [0.25, 0.3) is 0 Å². The van der Waals surface area contributed by atoms with E-state index in [0.717, 1.165) is 17.3 Å². The Morgan fingerprint density at radius 2 is 1.83 bits per heavy atom. The quantitative estimate of drug-likeness (QED) is 0.637. The molecule has 2 aliphatic rings. The SMILES string of the molecule is O=S(=O)(c1ccc2c(c1)OCCCO2)N1CCC(Oc2ccc3ccccc3n2)C1. The molecule has 156 valence electrons. The Morgan fingerprint density at radius 1 is 1.00 bits per heavy atom. The van der Waals surface area contributed by atoms with Crippen molar-refractivity contribution in [2.45, 2.75) is 23.8 Å². The minimum Gasteiger partial charge on any atom is -0.490 e. The molecule has 2 aliphatic heterocycles. The van der Waals surface area contributed by atoms with E-state index < -0.39 is 10.0 Å². The van der Waals surface area contributed by atoms with E-state index in [1.165, 1.54) is 4.31 Å². The molecule has 1 aromatic heterocycles. The molecule has 8 heteroatoms. The number of hydrogen-bond acceptors (Lipinski definition) is 6. The van der Waals surface area contributed by atoms with Gasteiger partial charge in [0.05, 0.1) is 30.2 Å². The van der Waals surface area contributed by atoms with Crippen LogP contribution in [0.3, 0.4) is 0 Å². The van der Waals surface area contributed by atoms with Gasteiger partial charge in [0.15, 0.2) is 11.5 Å². The lowest BCUT2D eigenvalue weighted by Crippen LogP contribution is -2.31. The van der Waals surface area contributed by atoms with Crippen LogP contribution >= 0.6 is 0 Å². The van der Waals surface area contributed by atoms with Gasteiger partial charge in [-0.2, -0.15) is 4.31 Å². The van der Waals surface area contributed by atoms with Crippen LogP contribution in [-0.4, -0.2) is 50.1 Å². The van der Waals surface area contributed by atoms with Crippen molar-refractivity contribution in [1.29, 1.82) is 0 Å². The molecule has 3 aromatic rings. The Hall–Kier alpha value is -2.84. The normalized spacial score (nSPS) is 19.5. The molecule has 0 N–H and O–H groups in total. The van der Waals surface area contributed by atoms with Crippen LogP contribution in [0.4, 0.5) is 0 Å². The highest BCUT2D eigenvalue weighted by Gasteiger charge is 2.34. The largest absolute Gasteiger partial charge is 0.490 e. The van der Waals surface area contributed by atoms with Gasteiger partial charge in [-0.25, -0.2) is 13.4 Å². The number of sulfonamides is 1. The highest BCUT2D eigenvalue weighted by molar-refractivity contribution is 7.89. The molecule has 0 spiro atoms. The van der Waals surface area contributed by atoms with Gasteiger partial charge in [-0.3, -0.25) is 0 Å². The van der Waals surface area contributed by atoms with Crippen molar-refractivity contribution in [2.75, 3.05) is 26.3 Å². The Bertz CT molecular complexity index is 1180. The lowest BCUT2D eigenvalue weighted by molar-refractivity contribution is 0.207. The van der Waals surface area contributed by atoms with Crippen LogP contribution < -0.4 is 14.2 Å². The Balaban J connectivity index is 1.31. The predicted octanol–water partition coefficient (Wildman–Crippen LogP) is 3.24. The first-order chi connectivity index (χ1) is 14.6. The average molecular weight is 426 g/mol. The van der Waals surface area contributed by atoms with Gasteiger partial charge in [-0.05, 0) is 30.7 Å². The summed E-state index contributed by atoms with van der Waals surface area (Å²) < 4.78 is 45.0. The molecule has 1 fully saturated rings. The highest BCUT2D eigenvalue weighted by Crippen LogP contribution is 2.34. The van der Waals surface area contributed by atoms with Crippen molar-refractivity contribution in [2.24, 2.45) is 0 Å². The van der Waals surface area contributed by atoms with E-state index in [2.05, 4.69) is 4.98 Å². The van der Waals surface area contributed by atoms with E-state index in [1.54, 1.807) is 18.2 Å². The molecule has 5 rings (SSSR count). The zero-order valence-corrected chi connectivity index (χ0v) is 17.2. The molecular weight excluding hydrogens is 404 g/mol. The Kier molecular flexibility index (Phi) is 4.96. The fraction of sp³-hybridized carbons (Fsp3) is 0.318. The second kappa shape index (κ2) is 7.77. The van der Waals surface area contributed by atoms with E-state index in [1.807, 2.05) is 36.4 Å². The van der Waals surface area contributed by atoms with E-state index >= 15 is 0 Å². The van der Waals surface area contributed by atoms with Gasteiger partial charge in [0.1, 0.15) is 6.10 Å². The van der Waals surface area contributed by atoms with Crippen molar-refractivity contribution < 1.29 is 22.6 Å². The number of hydrogen-bond donors (Lipinski definition) is 0. The standard InChI is InChI=1S/C22H22N2O5S/c25-30(26,18-7-8-20-21(14-18)28-13-3-12-27-20)24-11-10-17(15-24)29-22-9-6-16-4-1-2-5-19(16)23-22/h1-2,4-9,14,17H,3,10-13,15H2. The third kappa shape index (κ3) is 3.68. The van der Waals surface area contributed by atoms with Crippen molar-refractivity contribution >= 4 is 20.9 Å². The molecule has 7 nitrogen and oxygen atoms in total. The lowest BCUT2D eigenvalue weighted by Gasteiger charge is -2.18. The number of rotatable bonds is 4. The fourth-order valence-corrected chi connectivity index (χ4v) is 5.25. The van der Waals surface area contributed by atoms with Crippen LogP contribution in [0.2, 0.25) is 0 Å². The number of ether oxygens (including phenoxy) is 3. The summed E-state index contributed by atoms with van der Waals surface area (Å²) in [4.78, 5) is 4.73. The maximum Gasteiger partial charge on any atom is 0.243 e. The maximum atomic E-state index is 13.1. The lowest BCUT2D eigenvalue weighted by atomic mass is 10.2. The Labute approximate surface area is 175 Å². The summed E-state index contributed by atoms with van der Waals surface area (Å²) in [7, 11) is -3.65. The van der Waals surface area contributed by atoms with Gasteiger partial charge in [0.2, 0.25) is 15.9 Å². The van der Waals surface area contributed by atoms with Crippen LogP contribution in [0.15, 0.2) is 59.5 Å². The number of nitrogens with zero attached hydrogens (tertiary/aromatic N) is 2. The smallest absolute Gasteiger partial charge is 0.243 e. The molecular formula is C22H22N2O5S. The van der Waals surface area contributed by atoms with Gasteiger partial charge in [-0.1, -0.05) is 18.2 Å². The third-order valence-electron chi connectivity index (χ3n) is 5.32. The summed E-state index contributed by atoms with van der Waals surface area (Å²) in [6.07, 6.45) is 1.14. The van der Waals surface area contributed by atoms with Gasteiger partial charge >= 0.3 is 0 Å².